The fourth-order valence-electron chi connectivity index (χ4n) is 2.66. The van der Waals surface area contributed by atoms with Gasteiger partial charge in [0.15, 0.2) is 0 Å². The minimum absolute atomic E-state index is 0.0941. The molecule has 132 valence electrons. The van der Waals surface area contributed by atoms with Crippen LogP contribution in [-0.4, -0.2) is 35.7 Å². The molecule has 1 heterocycles. The molecule has 2 rings (SSSR count). The third-order valence-corrected chi connectivity index (χ3v) is 3.83. The van der Waals surface area contributed by atoms with Crippen LogP contribution in [0.4, 0.5) is 23.7 Å². The summed E-state index contributed by atoms with van der Waals surface area (Å²) in [5.41, 5.74) is 0.491. The van der Waals surface area contributed by atoms with E-state index in [0.717, 1.165) is 0 Å². The van der Waals surface area contributed by atoms with Crippen molar-refractivity contribution in [1.82, 2.24) is 15.6 Å². The van der Waals surface area contributed by atoms with Crippen LogP contribution in [0.2, 0.25) is 0 Å². The summed E-state index contributed by atoms with van der Waals surface area (Å²) in [6, 6.07) is 2.11. The lowest BCUT2D eigenvalue weighted by atomic mass is 9.85. The smallest absolute Gasteiger partial charge is 0.335 e. The predicted molar refractivity (Wildman–Crippen MR) is 81.2 cm³/mol. The lowest BCUT2D eigenvalue weighted by Gasteiger charge is -2.30. The maximum Gasteiger partial charge on any atom is 0.391 e. The number of carbonyl (C=O) groups excluding carboxylic acids is 2. The number of hydrogen-bond acceptors (Lipinski definition) is 3. The van der Waals surface area contributed by atoms with E-state index in [-0.39, 0.29) is 19.4 Å². The third kappa shape index (κ3) is 5.71. The molecule has 24 heavy (non-hydrogen) atoms. The van der Waals surface area contributed by atoms with Crippen LogP contribution in [0.5, 0.6) is 0 Å². The van der Waals surface area contributed by atoms with Gasteiger partial charge in [0.2, 0.25) is 5.91 Å². The summed E-state index contributed by atoms with van der Waals surface area (Å²) in [6.07, 6.45) is -0.342. The van der Waals surface area contributed by atoms with Crippen molar-refractivity contribution in [3.05, 3.63) is 24.5 Å². The zero-order valence-electron chi connectivity index (χ0n) is 12.9. The van der Waals surface area contributed by atoms with Crippen LogP contribution in [0, 0.1) is 5.92 Å². The highest BCUT2D eigenvalue weighted by molar-refractivity contribution is 5.94. The van der Waals surface area contributed by atoms with Crippen LogP contribution in [0.15, 0.2) is 24.5 Å². The van der Waals surface area contributed by atoms with Crippen molar-refractivity contribution < 1.29 is 22.8 Å². The van der Waals surface area contributed by atoms with Gasteiger partial charge in [0.05, 0.1) is 24.3 Å². The first kappa shape index (κ1) is 18.0. The Bertz CT molecular complexity index is 566. The molecule has 2 atom stereocenters. The molecule has 0 bridgehead atoms. The molecule has 1 aliphatic carbocycles. The van der Waals surface area contributed by atoms with Crippen LogP contribution in [-0.2, 0) is 4.79 Å². The number of halogens is 3. The van der Waals surface area contributed by atoms with Gasteiger partial charge in [-0.15, -0.1) is 0 Å². The van der Waals surface area contributed by atoms with Crippen molar-refractivity contribution in [3.8, 4) is 0 Å². The molecule has 0 unspecified atom stereocenters. The molecule has 9 heteroatoms. The van der Waals surface area contributed by atoms with Crippen molar-refractivity contribution >= 4 is 17.6 Å². The van der Waals surface area contributed by atoms with Crippen LogP contribution >= 0.6 is 0 Å². The van der Waals surface area contributed by atoms with Crippen LogP contribution in [0.1, 0.15) is 25.7 Å². The van der Waals surface area contributed by atoms with Crippen LogP contribution < -0.4 is 16.0 Å². The van der Waals surface area contributed by atoms with E-state index in [4.69, 9.17) is 0 Å². The van der Waals surface area contributed by atoms with E-state index in [1.165, 1.54) is 6.20 Å². The first-order valence-electron chi connectivity index (χ1n) is 7.65. The molecule has 0 radical (unpaired) electrons. The van der Waals surface area contributed by atoms with E-state index in [9.17, 15) is 22.8 Å². The molecule has 3 N–H and O–H groups in total. The van der Waals surface area contributed by atoms with E-state index in [2.05, 4.69) is 20.9 Å². The molecule has 0 saturated heterocycles. The van der Waals surface area contributed by atoms with Gasteiger partial charge in [-0.3, -0.25) is 9.78 Å². The fourth-order valence-corrected chi connectivity index (χ4v) is 2.66. The van der Waals surface area contributed by atoms with Crippen molar-refractivity contribution in [3.63, 3.8) is 0 Å². The molecule has 3 amide bonds. The minimum Gasteiger partial charge on any atom is -0.335 e. The summed E-state index contributed by atoms with van der Waals surface area (Å²) in [5.74, 6) is -1.83. The zero-order valence-corrected chi connectivity index (χ0v) is 12.9. The Hall–Kier alpha value is -2.32. The van der Waals surface area contributed by atoms with Crippen molar-refractivity contribution in [2.24, 2.45) is 5.92 Å². The maximum atomic E-state index is 12.7. The van der Waals surface area contributed by atoms with E-state index in [0.29, 0.717) is 18.5 Å². The quantitative estimate of drug-likeness (QED) is 0.784. The number of aromatic nitrogens is 1. The topological polar surface area (TPSA) is 83.1 Å². The normalized spacial score (nSPS) is 21.0. The van der Waals surface area contributed by atoms with Gasteiger partial charge in [-0.2, -0.15) is 13.2 Å². The third-order valence-electron chi connectivity index (χ3n) is 3.83. The molecule has 1 aromatic rings. The van der Waals surface area contributed by atoms with E-state index >= 15 is 0 Å². The monoisotopic (exact) mass is 344 g/mol. The Balaban J connectivity index is 1.72. The van der Waals surface area contributed by atoms with Gasteiger partial charge < -0.3 is 16.0 Å². The molecule has 0 spiro atoms. The SMILES string of the molecule is O=C(CNC(=O)N[C@@H]1CCC[C@@H](C(F)(F)F)C1)Nc1cccnc1. The standard InChI is InChI=1S/C15H19F3N4O2/c16-15(17,18)10-3-1-4-11(7-10)22-14(24)20-9-13(23)21-12-5-2-6-19-8-12/h2,5-6,8,10-11H,1,3-4,7,9H2,(H,21,23)(H2,20,22,24)/t10-,11-/m1/s1. The van der Waals surface area contributed by atoms with E-state index < -0.39 is 30.1 Å². The van der Waals surface area contributed by atoms with Crippen molar-refractivity contribution in [2.45, 2.75) is 37.9 Å². The van der Waals surface area contributed by atoms with Gasteiger partial charge in [-0.25, -0.2) is 4.79 Å². The first-order valence-corrected chi connectivity index (χ1v) is 7.65. The number of urea groups is 1. The molecule has 1 fully saturated rings. The Morgan fingerprint density at radius 1 is 1.29 bits per heavy atom. The highest BCUT2D eigenvalue weighted by Crippen LogP contribution is 2.37. The lowest BCUT2D eigenvalue weighted by molar-refractivity contribution is -0.183. The highest BCUT2D eigenvalue weighted by atomic mass is 19.4. The Kier molecular flexibility index (Phi) is 5.99. The predicted octanol–water partition coefficient (Wildman–Crippen LogP) is 2.44. The summed E-state index contributed by atoms with van der Waals surface area (Å²) in [4.78, 5) is 27.2. The molecule has 0 aromatic carbocycles. The van der Waals surface area contributed by atoms with Gasteiger partial charge >= 0.3 is 12.2 Å². The lowest BCUT2D eigenvalue weighted by Crippen LogP contribution is -2.47. The van der Waals surface area contributed by atoms with E-state index in [1.54, 1.807) is 18.3 Å². The average Bonchev–Trinajstić information content (AvgIpc) is 2.53. The molecular formula is C15H19F3N4O2. The van der Waals surface area contributed by atoms with Gasteiger partial charge in [-0.1, -0.05) is 6.42 Å². The number of nitrogens with one attached hydrogen (secondary N) is 3. The van der Waals surface area contributed by atoms with Gasteiger partial charge in [0.25, 0.3) is 0 Å². The fraction of sp³-hybridized carbons (Fsp3) is 0.533. The first-order chi connectivity index (χ1) is 11.3. The Morgan fingerprint density at radius 3 is 2.75 bits per heavy atom. The second-order valence-electron chi connectivity index (χ2n) is 5.72. The number of pyridine rings is 1. The molecule has 1 aromatic heterocycles. The number of hydrogen-bond donors (Lipinski definition) is 3. The molecule has 1 saturated carbocycles. The van der Waals surface area contributed by atoms with Crippen molar-refractivity contribution in [2.75, 3.05) is 11.9 Å². The van der Waals surface area contributed by atoms with Gasteiger partial charge in [0, 0.05) is 12.2 Å². The minimum atomic E-state index is -4.24. The Labute approximate surface area is 137 Å². The van der Waals surface area contributed by atoms with Gasteiger partial charge in [-0.05, 0) is 31.4 Å². The van der Waals surface area contributed by atoms with E-state index in [1.807, 2.05) is 0 Å². The zero-order chi connectivity index (χ0) is 17.6. The van der Waals surface area contributed by atoms with Gasteiger partial charge in [0.1, 0.15) is 0 Å². The largest absolute Gasteiger partial charge is 0.391 e. The van der Waals surface area contributed by atoms with Crippen LogP contribution in [0.3, 0.4) is 0 Å². The number of nitrogens with zero attached hydrogens (tertiary/aromatic N) is 1. The summed E-state index contributed by atoms with van der Waals surface area (Å²) in [7, 11) is 0. The summed E-state index contributed by atoms with van der Waals surface area (Å²) in [6.45, 7) is -0.282. The second-order valence-corrected chi connectivity index (χ2v) is 5.72. The molecule has 1 aliphatic rings. The second kappa shape index (κ2) is 7.98. The summed E-state index contributed by atoms with van der Waals surface area (Å²) >= 11 is 0. The van der Waals surface area contributed by atoms with Crippen molar-refractivity contribution in [1.29, 1.82) is 0 Å². The number of anilines is 1. The highest BCUT2D eigenvalue weighted by Gasteiger charge is 2.42. The molecule has 6 nitrogen and oxygen atoms in total. The summed E-state index contributed by atoms with van der Waals surface area (Å²) < 4.78 is 38.2. The summed E-state index contributed by atoms with van der Waals surface area (Å²) in [5, 5.41) is 7.37. The molecule has 0 aliphatic heterocycles. The number of alkyl halides is 3. The average molecular weight is 344 g/mol. The number of amides is 3. The maximum absolute atomic E-state index is 12.7. The molecular weight excluding hydrogens is 325 g/mol. The number of rotatable bonds is 4. The number of carbonyl (C=O) groups is 2. The van der Waals surface area contributed by atoms with Crippen LogP contribution in [0.25, 0.3) is 0 Å². The Morgan fingerprint density at radius 2 is 2.08 bits per heavy atom.